The molecule has 0 radical (unpaired) electrons. The Morgan fingerprint density at radius 1 is 1.12 bits per heavy atom. The number of hydrogen-bond acceptors (Lipinski definition) is 5. The van der Waals surface area contributed by atoms with Gasteiger partial charge in [-0.25, -0.2) is 0 Å². The second-order valence-electron chi connectivity index (χ2n) is 5.80. The number of nitrogens with one attached hydrogen (secondary N) is 1. The van der Waals surface area contributed by atoms with Crippen LogP contribution in [-0.2, 0) is 0 Å². The molecule has 4 aromatic rings. The Labute approximate surface area is 148 Å². The zero-order valence-corrected chi connectivity index (χ0v) is 14.6. The van der Waals surface area contributed by atoms with Gasteiger partial charge in [-0.2, -0.15) is 9.36 Å². The number of aryl methyl sites for hydroxylation is 2. The van der Waals surface area contributed by atoms with Crippen LogP contribution in [0.5, 0.6) is 0 Å². The maximum Gasteiger partial charge on any atom is 0.293 e. The Balaban J connectivity index is 1.61. The van der Waals surface area contributed by atoms with Crippen molar-refractivity contribution in [1.29, 1.82) is 0 Å². The Morgan fingerprint density at radius 2 is 1.92 bits per heavy atom. The molecule has 0 atom stereocenters. The lowest BCUT2D eigenvalue weighted by molar-refractivity contribution is 0.0998. The molecule has 0 unspecified atom stereocenters. The minimum Gasteiger partial charge on any atom is -0.451 e. The van der Waals surface area contributed by atoms with Crippen LogP contribution in [0.1, 0.15) is 21.7 Å². The first kappa shape index (κ1) is 15.5. The van der Waals surface area contributed by atoms with E-state index in [2.05, 4.69) is 14.7 Å². The third-order valence-electron chi connectivity index (χ3n) is 3.98. The largest absolute Gasteiger partial charge is 0.451 e. The van der Waals surface area contributed by atoms with Crippen LogP contribution in [0.3, 0.4) is 0 Å². The van der Waals surface area contributed by atoms with Crippen LogP contribution in [0.2, 0.25) is 0 Å². The fourth-order valence-electron chi connectivity index (χ4n) is 2.68. The highest BCUT2D eigenvalue weighted by Gasteiger charge is 2.19. The van der Waals surface area contributed by atoms with Crippen molar-refractivity contribution < 1.29 is 9.21 Å². The third-order valence-corrected chi connectivity index (χ3v) is 4.61. The molecule has 0 aliphatic rings. The number of amides is 1. The summed E-state index contributed by atoms with van der Waals surface area (Å²) in [6.07, 6.45) is 0. The Morgan fingerprint density at radius 3 is 2.72 bits per heavy atom. The van der Waals surface area contributed by atoms with Gasteiger partial charge < -0.3 is 4.42 Å². The van der Waals surface area contributed by atoms with E-state index in [4.69, 9.17) is 4.42 Å². The number of nitrogens with zero attached hydrogens (tertiary/aromatic N) is 2. The summed E-state index contributed by atoms with van der Waals surface area (Å²) in [4.78, 5) is 16.9. The first-order valence-corrected chi connectivity index (χ1v) is 8.59. The van der Waals surface area contributed by atoms with E-state index < -0.39 is 0 Å². The van der Waals surface area contributed by atoms with Crippen LogP contribution >= 0.6 is 11.5 Å². The zero-order chi connectivity index (χ0) is 17.4. The molecule has 0 saturated heterocycles. The Hall–Kier alpha value is -2.99. The molecular formula is C19H15N3O2S. The van der Waals surface area contributed by atoms with Gasteiger partial charge in [0.1, 0.15) is 5.58 Å². The molecule has 0 saturated carbocycles. The average molecular weight is 349 g/mol. The third kappa shape index (κ3) is 2.92. The van der Waals surface area contributed by atoms with E-state index in [0.717, 1.165) is 33.6 Å². The molecule has 2 aromatic heterocycles. The molecule has 4 rings (SSSR count). The molecule has 2 aromatic carbocycles. The Kier molecular flexibility index (Phi) is 3.82. The molecule has 1 N–H and O–H groups in total. The number of carbonyl (C=O) groups excluding carboxylic acids is 1. The van der Waals surface area contributed by atoms with Crippen molar-refractivity contribution in [2.75, 3.05) is 5.32 Å². The molecule has 2 heterocycles. The van der Waals surface area contributed by atoms with Gasteiger partial charge in [0, 0.05) is 28.0 Å². The highest BCUT2D eigenvalue weighted by Crippen LogP contribution is 2.27. The second kappa shape index (κ2) is 6.14. The monoisotopic (exact) mass is 349 g/mol. The van der Waals surface area contributed by atoms with Crippen molar-refractivity contribution in [2.45, 2.75) is 13.8 Å². The lowest BCUT2D eigenvalue weighted by atomic mass is 10.1. The van der Waals surface area contributed by atoms with Crippen molar-refractivity contribution >= 4 is 33.5 Å². The molecule has 0 bridgehead atoms. The predicted octanol–water partition coefficient (Wildman–Crippen LogP) is 4.82. The van der Waals surface area contributed by atoms with Crippen molar-refractivity contribution in [2.24, 2.45) is 0 Å². The van der Waals surface area contributed by atoms with Crippen molar-refractivity contribution in [3.05, 3.63) is 65.4 Å². The van der Waals surface area contributed by atoms with Crippen LogP contribution in [0, 0.1) is 13.8 Å². The molecule has 0 spiro atoms. The molecule has 0 fully saturated rings. The van der Waals surface area contributed by atoms with Gasteiger partial charge in [0.2, 0.25) is 5.13 Å². The minimum atomic E-state index is -0.317. The van der Waals surface area contributed by atoms with Gasteiger partial charge in [-0.05, 0) is 26.0 Å². The van der Waals surface area contributed by atoms with E-state index in [1.165, 1.54) is 0 Å². The SMILES string of the molecule is Cc1ccc2oc(C(=O)Nc3nc(-c4ccccc4)ns3)c(C)c2c1. The van der Waals surface area contributed by atoms with Crippen molar-refractivity contribution in [3.8, 4) is 11.4 Å². The molecule has 0 aliphatic carbocycles. The van der Waals surface area contributed by atoms with E-state index in [9.17, 15) is 4.79 Å². The van der Waals surface area contributed by atoms with Crippen LogP contribution in [0.25, 0.3) is 22.4 Å². The standard InChI is InChI=1S/C19H15N3O2S/c1-11-8-9-15-14(10-11)12(2)16(24-15)18(23)21-19-20-17(22-25-19)13-6-4-3-5-7-13/h3-10H,1-2H3,(H,20,21,22,23). The average Bonchev–Trinajstić information content (AvgIpc) is 3.21. The lowest BCUT2D eigenvalue weighted by Crippen LogP contribution is -2.11. The van der Waals surface area contributed by atoms with E-state index >= 15 is 0 Å². The number of rotatable bonds is 3. The maximum absolute atomic E-state index is 12.6. The fourth-order valence-corrected chi connectivity index (χ4v) is 3.27. The van der Waals surface area contributed by atoms with Crippen LogP contribution in [0.15, 0.2) is 52.9 Å². The normalized spacial score (nSPS) is 11.0. The molecule has 1 amide bonds. The number of hydrogen-bond donors (Lipinski definition) is 1. The highest BCUT2D eigenvalue weighted by atomic mass is 32.1. The lowest BCUT2D eigenvalue weighted by Gasteiger charge is -1.98. The molecule has 5 nitrogen and oxygen atoms in total. The minimum absolute atomic E-state index is 0.303. The smallest absolute Gasteiger partial charge is 0.293 e. The van der Waals surface area contributed by atoms with Crippen molar-refractivity contribution in [3.63, 3.8) is 0 Å². The summed E-state index contributed by atoms with van der Waals surface area (Å²) in [5.74, 6) is 0.581. The maximum atomic E-state index is 12.6. The van der Waals surface area contributed by atoms with Crippen LogP contribution in [-0.4, -0.2) is 15.3 Å². The summed E-state index contributed by atoms with van der Waals surface area (Å²) in [7, 11) is 0. The van der Waals surface area contributed by atoms with Crippen LogP contribution < -0.4 is 5.32 Å². The van der Waals surface area contributed by atoms with Crippen LogP contribution in [0.4, 0.5) is 5.13 Å². The molecule has 6 heteroatoms. The zero-order valence-electron chi connectivity index (χ0n) is 13.7. The summed E-state index contributed by atoms with van der Waals surface area (Å²) < 4.78 is 10.0. The summed E-state index contributed by atoms with van der Waals surface area (Å²) in [6.45, 7) is 3.90. The number of aromatic nitrogens is 2. The fraction of sp³-hybridized carbons (Fsp3) is 0.105. The van der Waals surface area contributed by atoms with Gasteiger partial charge in [0.25, 0.3) is 5.91 Å². The first-order chi connectivity index (χ1) is 12.1. The quantitative estimate of drug-likeness (QED) is 0.576. The molecule has 0 aliphatic heterocycles. The summed E-state index contributed by atoms with van der Waals surface area (Å²) in [6, 6.07) is 15.5. The van der Waals surface area contributed by atoms with E-state index in [0.29, 0.717) is 22.3 Å². The van der Waals surface area contributed by atoms with Gasteiger partial charge in [-0.1, -0.05) is 42.0 Å². The van der Waals surface area contributed by atoms with Gasteiger partial charge in [0.05, 0.1) is 0 Å². The van der Waals surface area contributed by atoms with Gasteiger partial charge in [-0.15, -0.1) is 0 Å². The Bertz CT molecular complexity index is 1070. The van der Waals surface area contributed by atoms with E-state index in [1.807, 2.05) is 62.4 Å². The van der Waals surface area contributed by atoms with E-state index in [-0.39, 0.29) is 5.91 Å². The highest BCUT2D eigenvalue weighted by molar-refractivity contribution is 7.10. The number of anilines is 1. The second-order valence-corrected chi connectivity index (χ2v) is 6.55. The topological polar surface area (TPSA) is 68.0 Å². The predicted molar refractivity (Wildman–Crippen MR) is 99.0 cm³/mol. The molecule has 25 heavy (non-hydrogen) atoms. The van der Waals surface area contributed by atoms with Gasteiger partial charge >= 0.3 is 0 Å². The van der Waals surface area contributed by atoms with Crippen molar-refractivity contribution in [1.82, 2.24) is 9.36 Å². The summed E-state index contributed by atoms with van der Waals surface area (Å²) >= 11 is 1.15. The summed E-state index contributed by atoms with van der Waals surface area (Å²) in [5.41, 5.74) is 3.56. The first-order valence-electron chi connectivity index (χ1n) is 7.82. The molecular weight excluding hydrogens is 334 g/mol. The number of furan rings is 1. The van der Waals surface area contributed by atoms with E-state index in [1.54, 1.807) is 0 Å². The number of benzene rings is 2. The molecule has 124 valence electrons. The van der Waals surface area contributed by atoms with Gasteiger partial charge in [0.15, 0.2) is 11.6 Å². The van der Waals surface area contributed by atoms with Gasteiger partial charge in [-0.3, -0.25) is 10.1 Å². The number of carbonyl (C=O) groups is 1. The number of fused-ring (bicyclic) bond motifs is 1. The summed E-state index contributed by atoms with van der Waals surface area (Å²) in [5, 5.41) is 4.17.